The van der Waals surface area contributed by atoms with Crippen LogP contribution < -0.4 is 4.57 Å². The second kappa shape index (κ2) is 13.5. The van der Waals surface area contributed by atoms with Gasteiger partial charge in [0.05, 0.1) is 12.6 Å². The Hall–Kier alpha value is -5.62. The van der Waals surface area contributed by atoms with E-state index < -0.39 is 11.8 Å². The molecule has 0 radical (unpaired) electrons. The molecule has 0 N–H and O–H groups in total. The van der Waals surface area contributed by atoms with Crippen LogP contribution in [-0.4, -0.2) is 19.5 Å². The highest BCUT2D eigenvalue weighted by Crippen LogP contribution is 2.43. The minimum Gasteiger partial charge on any atom is -0.456 e. The lowest BCUT2D eigenvalue weighted by atomic mass is 9.87. The van der Waals surface area contributed by atoms with Gasteiger partial charge in [-0.25, -0.2) is 19.5 Å². The molecule has 0 aliphatic carbocycles. The zero-order valence-electron chi connectivity index (χ0n) is 36.9. The summed E-state index contributed by atoms with van der Waals surface area (Å²) in [6.07, 6.45) is 0. The minimum atomic E-state index is -1.03. The molecule has 0 saturated carbocycles. The van der Waals surface area contributed by atoms with Crippen LogP contribution in [0.5, 0.6) is 0 Å². The maximum Gasteiger partial charge on any atom is 0.295 e. The van der Waals surface area contributed by atoms with E-state index in [4.69, 9.17) is 19.4 Å². The topological polar surface area (TPSA) is 60.6 Å². The van der Waals surface area contributed by atoms with Gasteiger partial charge in [-0.3, -0.25) is 0 Å². The number of fused-ring (bicyclic) bond motifs is 4. The molecular weight excluding hydrogens is 687 g/mol. The molecule has 3 heterocycles. The summed E-state index contributed by atoms with van der Waals surface area (Å²) in [5.74, 6) is 1.09. The molecule has 8 aromatic rings. The van der Waals surface area contributed by atoms with Crippen molar-refractivity contribution in [3.63, 3.8) is 0 Å². The number of hydrogen-bond acceptors (Lipinski definition) is 4. The first kappa shape index (κ1) is 34.8. The van der Waals surface area contributed by atoms with Crippen LogP contribution in [0.4, 0.5) is 0 Å². The predicted molar refractivity (Wildman–Crippen MR) is 232 cm³/mol. The third kappa shape index (κ3) is 6.29. The van der Waals surface area contributed by atoms with Crippen molar-refractivity contribution in [1.82, 2.24) is 19.5 Å². The summed E-state index contributed by atoms with van der Waals surface area (Å²) in [6.45, 7) is 22.7. The lowest BCUT2D eigenvalue weighted by molar-refractivity contribution is -0.633. The Labute approximate surface area is 334 Å². The Morgan fingerprint density at radius 2 is 1.23 bits per heavy atom. The fourth-order valence-electron chi connectivity index (χ4n) is 7.82. The van der Waals surface area contributed by atoms with Crippen molar-refractivity contribution in [2.75, 3.05) is 0 Å². The highest BCUT2D eigenvalue weighted by Gasteiger charge is 2.34. The number of aryl methyl sites for hydroxylation is 2. The van der Waals surface area contributed by atoms with Gasteiger partial charge in [0, 0.05) is 41.0 Å². The standard InChI is InChI=1S/C50H54N5O/c1-29(2)36-27-34(32-22-24-33(25-23-32)45-51-47(49(6,7)8)53-48(52-45)50(9,10)11)28-37(30(3)4)44(36)55-39-19-15-14-18-38(39)54(12)46(55)42-31(5)21-26-41-43(42)35-17-13-16-20-40(35)56-41/h13-30H,1-12H3/q+1/i29D,30D. The first-order valence-electron chi connectivity index (χ1n) is 20.6. The van der Waals surface area contributed by atoms with E-state index in [1.165, 1.54) is 0 Å². The van der Waals surface area contributed by atoms with Crippen LogP contribution in [0, 0.1) is 6.92 Å². The molecular formula is C50H54N5O+. The number of para-hydroxylation sites is 3. The van der Waals surface area contributed by atoms with E-state index in [-0.39, 0.29) is 10.8 Å². The molecule has 6 nitrogen and oxygen atoms in total. The highest BCUT2D eigenvalue weighted by atomic mass is 16.3. The molecule has 0 bridgehead atoms. The molecule has 3 aromatic heterocycles. The molecule has 5 aromatic carbocycles. The lowest BCUT2D eigenvalue weighted by Gasteiger charge is -2.23. The van der Waals surface area contributed by atoms with Crippen molar-refractivity contribution in [1.29, 1.82) is 0 Å². The summed E-state index contributed by atoms with van der Waals surface area (Å²) < 4.78 is 30.5. The smallest absolute Gasteiger partial charge is 0.295 e. The first-order valence-corrected chi connectivity index (χ1v) is 19.6. The number of rotatable bonds is 6. The summed E-state index contributed by atoms with van der Waals surface area (Å²) in [6, 6.07) is 33.5. The molecule has 8 rings (SSSR count). The number of nitrogens with zero attached hydrogens (tertiary/aromatic N) is 5. The van der Waals surface area contributed by atoms with Crippen molar-refractivity contribution < 1.29 is 11.7 Å². The van der Waals surface area contributed by atoms with Crippen molar-refractivity contribution in [3.05, 3.63) is 125 Å². The maximum atomic E-state index is 9.74. The van der Waals surface area contributed by atoms with Gasteiger partial charge in [-0.05, 0) is 71.8 Å². The quantitative estimate of drug-likeness (QED) is 0.159. The summed E-state index contributed by atoms with van der Waals surface area (Å²) >= 11 is 0. The molecule has 56 heavy (non-hydrogen) atoms. The average molecular weight is 743 g/mol. The van der Waals surface area contributed by atoms with Gasteiger partial charge in [-0.2, -0.15) is 4.57 Å². The van der Waals surface area contributed by atoms with Gasteiger partial charge >= 0.3 is 0 Å². The molecule has 6 heteroatoms. The van der Waals surface area contributed by atoms with Crippen LogP contribution in [0.2, 0.25) is 0 Å². The Bertz CT molecular complexity index is 2820. The number of hydrogen-bond donors (Lipinski definition) is 0. The second-order valence-corrected chi connectivity index (χ2v) is 17.7. The van der Waals surface area contributed by atoms with Gasteiger partial charge < -0.3 is 4.42 Å². The van der Waals surface area contributed by atoms with Crippen LogP contribution in [0.15, 0.2) is 101 Å². The Balaban J connectivity index is 1.39. The highest BCUT2D eigenvalue weighted by molar-refractivity contribution is 6.12. The third-order valence-corrected chi connectivity index (χ3v) is 10.9. The van der Waals surface area contributed by atoms with Crippen LogP contribution in [0.3, 0.4) is 0 Å². The summed E-state index contributed by atoms with van der Waals surface area (Å²) in [5, 5.41) is 2.10. The first-order chi connectivity index (χ1) is 27.1. The Kier molecular flexibility index (Phi) is 8.43. The zero-order chi connectivity index (χ0) is 41.7. The molecule has 0 aliphatic rings. The molecule has 0 atom stereocenters. The number of imidazole rings is 1. The van der Waals surface area contributed by atoms with Gasteiger partial charge in [0.1, 0.15) is 28.5 Å². The number of furan rings is 1. The summed E-state index contributed by atoms with van der Waals surface area (Å²) in [7, 11) is 2.11. The lowest BCUT2D eigenvalue weighted by Crippen LogP contribution is -2.30. The molecule has 0 spiro atoms. The van der Waals surface area contributed by atoms with Crippen LogP contribution in [-0.2, 0) is 17.9 Å². The largest absolute Gasteiger partial charge is 0.456 e. The summed E-state index contributed by atoms with van der Waals surface area (Å²) in [5.41, 5.74) is 10.8. The van der Waals surface area contributed by atoms with Crippen molar-refractivity contribution >= 4 is 33.0 Å². The van der Waals surface area contributed by atoms with Gasteiger partial charge in [-0.15, -0.1) is 0 Å². The molecule has 0 unspecified atom stereocenters. The van der Waals surface area contributed by atoms with E-state index in [9.17, 15) is 2.74 Å². The third-order valence-electron chi connectivity index (χ3n) is 10.9. The van der Waals surface area contributed by atoms with E-state index in [0.717, 1.165) is 95.1 Å². The Morgan fingerprint density at radius 3 is 1.84 bits per heavy atom. The molecule has 284 valence electrons. The molecule has 0 saturated heterocycles. The monoisotopic (exact) mass is 742 g/mol. The maximum absolute atomic E-state index is 9.74. The average Bonchev–Trinajstić information content (AvgIpc) is 3.67. The van der Waals surface area contributed by atoms with Gasteiger partial charge in [0.15, 0.2) is 16.9 Å². The normalized spacial score (nSPS) is 13.5. The number of benzene rings is 5. The molecule has 0 fully saturated rings. The van der Waals surface area contributed by atoms with Crippen LogP contribution in [0.1, 0.15) is 112 Å². The SMILES string of the molecule is [2H]C(C)(C)c1cc(-c2ccc(-c3nc(C(C)(C)C)nc(C(C)(C)C)n3)cc2)cc(C([2H])(C)C)c1-n1c(-c2c(C)ccc3oc4ccccc4c23)[n+](C)c2ccccc21. The number of aromatic nitrogens is 5. The van der Waals surface area contributed by atoms with Gasteiger partial charge in [0.25, 0.3) is 5.82 Å². The predicted octanol–water partition coefficient (Wildman–Crippen LogP) is 12.7. The fraction of sp³-hybridized carbons (Fsp3) is 0.320. The van der Waals surface area contributed by atoms with E-state index in [2.05, 4.69) is 150 Å². The van der Waals surface area contributed by atoms with E-state index in [1.54, 1.807) is 0 Å². The van der Waals surface area contributed by atoms with E-state index >= 15 is 0 Å². The molecule has 0 aliphatic heterocycles. The Morgan fingerprint density at radius 1 is 0.661 bits per heavy atom. The van der Waals surface area contributed by atoms with E-state index in [0.29, 0.717) is 5.82 Å². The van der Waals surface area contributed by atoms with Crippen molar-refractivity contribution in [2.45, 2.75) is 98.8 Å². The van der Waals surface area contributed by atoms with Crippen molar-refractivity contribution in [2.24, 2.45) is 7.05 Å². The second-order valence-electron chi connectivity index (χ2n) is 17.7. The van der Waals surface area contributed by atoms with E-state index in [1.807, 2.05) is 39.8 Å². The molecule has 0 amide bonds. The van der Waals surface area contributed by atoms with Crippen molar-refractivity contribution in [3.8, 4) is 39.6 Å². The minimum absolute atomic E-state index is 0.238. The fourth-order valence-corrected chi connectivity index (χ4v) is 7.82. The zero-order valence-corrected chi connectivity index (χ0v) is 34.9. The van der Waals surface area contributed by atoms with Crippen LogP contribution in [0.25, 0.3) is 72.6 Å². The van der Waals surface area contributed by atoms with Crippen LogP contribution >= 0.6 is 0 Å². The summed E-state index contributed by atoms with van der Waals surface area (Å²) in [4.78, 5) is 14.8. The van der Waals surface area contributed by atoms with Gasteiger partial charge in [-0.1, -0.05) is 130 Å². The van der Waals surface area contributed by atoms with Gasteiger partial charge in [0.2, 0.25) is 0 Å².